The van der Waals surface area contributed by atoms with Crippen LogP contribution < -0.4 is 5.32 Å². The van der Waals surface area contributed by atoms with Gasteiger partial charge >= 0.3 is 0 Å². The Morgan fingerprint density at radius 1 is 1.31 bits per heavy atom. The molecule has 13 heavy (non-hydrogen) atoms. The first-order chi connectivity index (χ1) is 7.17. The Balaban J connectivity index is 2.09. The number of nitrogens with one attached hydrogen (secondary N) is 1. The van der Waals surface area contributed by atoms with Gasteiger partial charge < -0.3 is 5.32 Å². The van der Waals surface area contributed by atoms with Gasteiger partial charge in [0.2, 0.25) is 0 Å². The summed E-state index contributed by atoms with van der Waals surface area (Å²) < 4.78 is 16.0. The summed E-state index contributed by atoms with van der Waals surface area (Å²) in [5.74, 6) is 1.42. The molecule has 0 amide bonds. The molecule has 4 atom stereocenters. The molecule has 0 aliphatic heterocycles. The fourth-order valence-corrected chi connectivity index (χ4v) is 4.73. The molecule has 0 spiro atoms. The van der Waals surface area contributed by atoms with Crippen LogP contribution in [0.2, 0.25) is 0 Å². The largest absolute Gasteiger partial charge is 0.313 e. The summed E-state index contributed by atoms with van der Waals surface area (Å²) in [5.41, 5.74) is 0.148. The standard InChI is InChI=1S/C12H21N/c1-11-6-3-7-12(11,13-2)10-5-4-9(11)8-10/h9-10,13H,3-8H2,1-2H3/i1D2. The zero-order valence-electron chi connectivity index (χ0n) is 10.5. The Kier molecular flexibility index (Phi) is 1.14. The van der Waals surface area contributed by atoms with Crippen LogP contribution in [0.3, 0.4) is 0 Å². The molecule has 4 unspecified atom stereocenters. The van der Waals surface area contributed by atoms with E-state index in [1.54, 1.807) is 0 Å². The quantitative estimate of drug-likeness (QED) is 0.655. The molecule has 3 rings (SSSR count). The molecule has 0 aromatic carbocycles. The molecule has 3 aliphatic rings. The summed E-state index contributed by atoms with van der Waals surface area (Å²) >= 11 is 0. The minimum atomic E-state index is -0.636. The topological polar surface area (TPSA) is 12.0 Å². The monoisotopic (exact) mass is 181 g/mol. The van der Waals surface area contributed by atoms with E-state index in [4.69, 9.17) is 2.74 Å². The Labute approximate surface area is 84.1 Å². The van der Waals surface area contributed by atoms with Crippen LogP contribution in [0, 0.1) is 17.3 Å². The van der Waals surface area contributed by atoms with E-state index in [0.717, 1.165) is 12.3 Å². The summed E-state index contributed by atoms with van der Waals surface area (Å²) in [6, 6.07) is 0. The van der Waals surface area contributed by atoms with Crippen molar-refractivity contribution in [1.29, 1.82) is 0 Å². The number of fused-ring (bicyclic) bond motifs is 5. The van der Waals surface area contributed by atoms with Crippen molar-refractivity contribution in [2.75, 3.05) is 7.05 Å². The smallest absolute Gasteiger partial charge is 0.0263 e. The normalized spacial score (nSPS) is 61.1. The molecule has 3 saturated carbocycles. The van der Waals surface area contributed by atoms with Crippen LogP contribution >= 0.6 is 0 Å². The number of hydrogen-bond acceptors (Lipinski definition) is 1. The lowest BCUT2D eigenvalue weighted by molar-refractivity contribution is 0.0731. The second-order valence-electron chi connectivity index (χ2n) is 5.32. The van der Waals surface area contributed by atoms with Gasteiger partial charge in [-0.05, 0) is 56.4 Å². The molecular weight excluding hydrogens is 158 g/mol. The highest BCUT2D eigenvalue weighted by atomic mass is 15.0. The van der Waals surface area contributed by atoms with Gasteiger partial charge in [-0.1, -0.05) is 13.3 Å². The number of rotatable bonds is 1. The Morgan fingerprint density at radius 2 is 2.15 bits per heavy atom. The maximum Gasteiger partial charge on any atom is 0.0263 e. The molecule has 0 radical (unpaired) electrons. The highest BCUT2D eigenvalue weighted by Crippen LogP contribution is 2.67. The van der Waals surface area contributed by atoms with E-state index in [1.165, 1.54) is 32.1 Å². The van der Waals surface area contributed by atoms with Gasteiger partial charge in [0.25, 0.3) is 0 Å². The van der Waals surface area contributed by atoms with Crippen molar-refractivity contribution >= 4 is 0 Å². The third kappa shape index (κ3) is 0.707. The fourth-order valence-electron chi connectivity index (χ4n) is 4.73. The average Bonchev–Trinajstić information content (AvgIpc) is 2.88. The summed E-state index contributed by atoms with van der Waals surface area (Å²) in [5, 5.41) is 3.55. The van der Waals surface area contributed by atoms with E-state index >= 15 is 0 Å². The maximum atomic E-state index is 8.00. The van der Waals surface area contributed by atoms with Crippen LogP contribution in [0.1, 0.15) is 48.1 Å². The van der Waals surface area contributed by atoms with E-state index in [2.05, 4.69) is 12.4 Å². The lowest BCUT2D eigenvalue weighted by Crippen LogP contribution is -2.56. The second kappa shape index (κ2) is 2.31. The SMILES string of the molecule is [2H]C([2H])C12CCCC1(NC)C1CCC2C1. The van der Waals surface area contributed by atoms with Gasteiger partial charge in [-0.25, -0.2) is 0 Å². The Hall–Kier alpha value is -0.0400. The van der Waals surface area contributed by atoms with Crippen LogP contribution in [0.25, 0.3) is 0 Å². The summed E-state index contributed by atoms with van der Waals surface area (Å²) in [6.45, 7) is -0.636. The minimum absolute atomic E-state index is 0.00926. The van der Waals surface area contributed by atoms with Gasteiger partial charge in [-0.3, -0.25) is 0 Å². The van der Waals surface area contributed by atoms with Crippen molar-refractivity contribution in [2.24, 2.45) is 17.3 Å². The van der Waals surface area contributed by atoms with Crippen LogP contribution in [0.5, 0.6) is 0 Å². The molecular formula is C12H21N. The predicted octanol–water partition coefficient (Wildman–Crippen LogP) is 2.56. The molecule has 0 aromatic rings. The highest BCUT2D eigenvalue weighted by Gasteiger charge is 2.65. The van der Waals surface area contributed by atoms with E-state index in [1.807, 2.05) is 0 Å². The number of hydrogen-bond donors (Lipinski definition) is 1. The van der Waals surface area contributed by atoms with Crippen molar-refractivity contribution in [2.45, 2.75) is 50.9 Å². The first-order valence-electron chi connectivity index (χ1n) is 6.86. The van der Waals surface area contributed by atoms with Crippen LogP contribution in [-0.2, 0) is 0 Å². The van der Waals surface area contributed by atoms with Crippen molar-refractivity contribution < 1.29 is 2.74 Å². The minimum Gasteiger partial charge on any atom is -0.313 e. The van der Waals surface area contributed by atoms with Crippen molar-refractivity contribution in [1.82, 2.24) is 5.32 Å². The summed E-state index contributed by atoms with van der Waals surface area (Å²) in [4.78, 5) is 0. The molecule has 3 fully saturated rings. The molecule has 1 N–H and O–H groups in total. The maximum absolute atomic E-state index is 8.00. The predicted molar refractivity (Wildman–Crippen MR) is 54.6 cm³/mol. The molecule has 74 valence electrons. The van der Waals surface area contributed by atoms with Gasteiger partial charge in [0.1, 0.15) is 0 Å². The summed E-state index contributed by atoms with van der Waals surface area (Å²) in [6.07, 6.45) is 7.45. The third-order valence-electron chi connectivity index (χ3n) is 5.30. The first-order valence-corrected chi connectivity index (χ1v) is 5.71. The summed E-state index contributed by atoms with van der Waals surface area (Å²) in [7, 11) is 2.06. The Morgan fingerprint density at radius 3 is 2.85 bits per heavy atom. The van der Waals surface area contributed by atoms with Gasteiger partial charge in [-0.15, -0.1) is 0 Å². The van der Waals surface area contributed by atoms with Gasteiger partial charge in [0.05, 0.1) is 0 Å². The fraction of sp³-hybridized carbons (Fsp3) is 1.00. The van der Waals surface area contributed by atoms with Crippen LogP contribution in [0.4, 0.5) is 0 Å². The van der Waals surface area contributed by atoms with Crippen molar-refractivity contribution in [3.8, 4) is 0 Å². The third-order valence-corrected chi connectivity index (χ3v) is 5.30. The molecule has 1 heteroatoms. The average molecular weight is 181 g/mol. The lowest BCUT2D eigenvalue weighted by Gasteiger charge is -2.47. The molecule has 3 aliphatic carbocycles. The van der Waals surface area contributed by atoms with Gasteiger partial charge in [0.15, 0.2) is 0 Å². The molecule has 0 aromatic heterocycles. The van der Waals surface area contributed by atoms with Gasteiger partial charge in [-0.2, -0.15) is 0 Å². The zero-order valence-corrected chi connectivity index (χ0v) is 8.47. The lowest BCUT2D eigenvalue weighted by atomic mass is 9.64. The van der Waals surface area contributed by atoms with Crippen molar-refractivity contribution in [3.05, 3.63) is 0 Å². The van der Waals surface area contributed by atoms with E-state index in [0.29, 0.717) is 5.92 Å². The molecule has 2 bridgehead atoms. The van der Waals surface area contributed by atoms with E-state index < -0.39 is 6.88 Å². The molecule has 0 heterocycles. The second-order valence-corrected chi connectivity index (χ2v) is 5.32. The zero-order chi connectivity index (χ0) is 10.7. The van der Waals surface area contributed by atoms with Crippen LogP contribution in [0.15, 0.2) is 0 Å². The molecule has 1 nitrogen and oxygen atoms in total. The highest BCUT2D eigenvalue weighted by molar-refractivity contribution is 5.20. The van der Waals surface area contributed by atoms with Crippen molar-refractivity contribution in [3.63, 3.8) is 0 Å². The van der Waals surface area contributed by atoms with E-state index in [9.17, 15) is 0 Å². The van der Waals surface area contributed by atoms with Gasteiger partial charge in [0, 0.05) is 8.28 Å². The molecule has 0 saturated heterocycles. The first kappa shape index (κ1) is 6.44. The van der Waals surface area contributed by atoms with E-state index in [-0.39, 0.29) is 11.0 Å². The Bertz CT molecular complexity index is 281. The van der Waals surface area contributed by atoms with Crippen LogP contribution in [-0.4, -0.2) is 12.6 Å².